The van der Waals surface area contributed by atoms with Crippen molar-refractivity contribution < 1.29 is 9.53 Å². The molecule has 5 nitrogen and oxygen atoms in total. The van der Waals surface area contributed by atoms with E-state index in [0.717, 1.165) is 6.42 Å². The van der Waals surface area contributed by atoms with E-state index in [1.165, 1.54) is 4.68 Å². The molecule has 1 unspecified atom stereocenters. The number of aromatic nitrogens is 2. The monoisotopic (exact) mass is 197 g/mol. The number of carbonyl (C=O) groups excluding carboxylic acids is 1. The highest BCUT2D eigenvalue weighted by Gasteiger charge is 2.14. The average Bonchev–Trinajstić information content (AvgIpc) is 2.51. The third-order valence-electron chi connectivity index (χ3n) is 1.86. The van der Waals surface area contributed by atoms with Crippen LogP contribution in [0.5, 0.6) is 0 Å². The van der Waals surface area contributed by atoms with E-state index in [9.17, 15) is 4.79 Å². The summed E-state index contributed by atoms with van der Waals surface area (Å²) < 4.78 is 6.45. The number of nitrogens with two attached hydrogens (primary N) is 1. The minimum Gasteiger partial charge on any atom is -0.442 e. The maximum absolute atomic E-state index is 11.4. The van der Waals surface area contributed by atoms with Gasteiger partial charge < -0.3 is 4.74 Å². The smallest absolute Gasteiger partial charge is 0.358 e. The minimum absolute atomic E-state index is 0.413. The second-order valence-electron chi connectivity index (χ2n) is 3.07. The Morgan fingerprint density at radius 2 is 2.50 bits per heavy atom. The summed E-state index contributed by atoms with van der Waals surface area (Å²) in [4.78, 5) is 11.4. The predicted octanol–water partition coefficient (Wildman–Crippen LogP) is 0.662. The number of hydrogen-bond acceptors (Lipinski definition) is 4. The molecule has 0 saturated heterocycles. The van der Waals surface area contributed by atoms with E-state index >= 15 is 0 Å². The van der Waals surface area contributed by atoms with Crippen LogP contribution in [0.15, 0.2) is 12.3 Å². The van der Waals surface area contributed by atoms with Crippen LogP contribution in [0, 0.1) is 0 Å². The predicted molar refractivity (Wildman–Crippen MR) is 51.5 cm³/mol. The van der Waals surface area contributed by atoms with Crippen molar-refractivity contribution in [1.82, 2.24) is 9.78 Å². The molecule has 0 fully saturated rings. The van der Waals surface area contributed by atoms with Gasteiger partial charge in [0.25, 0.3) is 0 Å². The molecule has 1 rings (SSSR count). The van der Waals surface area contributed by atoms with E-state index in [4.69, 9.17) is 10.5 Å². The lowest BCUT2D eigenvalue weighted by molar-refractivity contribution is 0.0283. The van der Waals surface area contributed by atoms with E-state index in [1.54, 1.807) is 19.3 Å². The highest BCUT2D eigenvalue weighted by molar-refractivity contribution is 5.87. The van der Waals surface area contributed by atoms with Gasteiger partial charge >= 0.3 is 5.97 Å². The maximum atomic E-state index is 11.4. The zero-order valence-electron chi connectivity index (χ0n) is 8.43. The van der Waals surface area contributed by atoms with Crippen LogP contribution < -0.4 is 5.73 Å². The summed E-state index contributed by atoms with van der Waals surface area (Å²) in [7, 11) is 1.68. The van der Waals surface area contributed by atoms with Gasteiger partial charge in [0.15, 0.2) is 6.23 Å². The van der Waals surface area contributed by atoms with Gasteiger partial charge in [-0.3, -0.25) is 10.4 Å². The molecule has 1 aromatic rings. The summed E-state index contributed by atoms with van der Waals surface area (Å²) in [6.45, 7) is 1.98. The highest BCUT2D eigenvalue weighted by Crippen LogP contribution is 2.03. The molecule has 0 amide bonds. The van der Waals surface area contributed by atoms with Crippen LogP contribution in [0.3, 0.4) is 0 Å². The second-order valence-corrected chi connectivity index (χ2v) is 3.07. The van der Waals surface area contributed by atoms with Gasteiger partial charge in [0.05, 0.1) is 0 Å². The fourth-order valence-electron chi connectivity index (χ4n) is 1.12. The van der Waals surface area contributed by atoms with Crippen molar-refractivity contribution in [2.75, 3.05) is 0 Å². The van der Waals surface area contributed by atoms with Gasteiger partial charge in [0, 0.05) is 13.2 Å². The summed E-state index contributed by atoms with van der Waals surface area (Å²) >= 11 is 0. The zero-order valence-corrected chi connectivity index (χ0v) is 8.43. The molecule has 0 aliphatic heterocycles. The van der Waals surface area contributed by atoms with Crippen molar-refractivity contribution in [3.63, 3.8) is 0 Å². The Morgan fingerprint density at radius 1 is 1.79 bits per heavy atom. The van der Waals surface area contributed by atoms with E-state index in [-0.39, 0.29) is 0 Å². The third kappa shape index (κ3) is 2.56. The Labute approximate surface area is 82.8 Å². The Balaban J connectivity index is 2.55. The van der Waals surface area contributed by atoms with Crippen LogP contribution in [0.25, 0.3) is 0 Å². The zero-order chi connectivity index (χ0) is 10.6. The molecule has 1 atom stereocenters. The summed E-state index contributed by atoms with van der Waals surface area (Å²) in [5, 5.41) is 3.87. The Morgan fingerprint density at radius 3 is 3.00 bits per heavy atom. The molecule has 1 heterocycles. The van der Waals surface area contributed by atoms with Crippen LogP contribution in [0.2, 0.25) is 0 Å². The quantitative estimate of drug-likeness (QED) is 0.568. The minimum atomic E-state index is -0.526. The summed E-state index contributed by atoms with van der Waals surface area (Å²) in [5.41, 5.74) is 5.98. The number of nitrogens with zero attached hydrogens (tertiary/aromatic N) is 2. The number of ether oxygens (including phenoxy) is 1. The standard InChI is InChI=1S/C9H15N3O2/c1-3-4-8(10)14-9(13)7-5-6-11-12(7)2/h5-6,8H,3-4,10H2,1-2H3. The molecule has 14 heavy (non-hydrogen) atoms. The van der Waals surface area contributed by atoms with E-state index in [2.05, 4.69) is 5.10 Å². The number of esters is 1. The molecule has 1 aromatic heterocycles. The molecule has 2 N–H and O–H groups in total. The molecule has 0 aliphatic rings. The van der Waals surface area contributed by atoms with E-state index < -0.39 is 12.2 Å². The van der Waals surface area contributed by atoms with Crippen LogP contribution >= 0.6 is 0 Å². The molecular formula is C9H15N3O2. The molecule has 78 valence electrons. The van der Waals surface area contributed by atoms with Crippen LogP contribution in [0.4, 0.5) is 0 Å². The average molecular weight is 197 g/mol. The van der Waals surface area contributed by atoms with Crippen LogP contribution in [0.1, 0.15) is 30.3 Å². The fraction of sp³-hybridized carbons (Fsp3) is 0.556. The number of rotatable bonds is 4. The van der Waals surface area contributed by atoms with Gasteiger partial charge in [-0.2, -0.15) is 5.10 Å². The van der Waals surface area contributed by atoms with E-state index in [0.29, 0.717) is 12.1 Å². The summed E-state index contributed by atoms with van der Waals surface area (Å²) in [5.74, 6) is -0.425. The second kappa shape index (κ2) is 4.76. The normalized spacial score (nSPS) is 12.5. The van der Waals surface area contributed by atoms with Crippen molar-refractivity contribution >= 4 is 5.97 Å². The van der Waals surface area contributed by atoms with Gasteiger partial charge in [0.1, 0.15) is 5.69 Å². The van der Waals surface area contributed by atoms with E-state index in [1.807, 2.05) is 6.92 Å². The first-order valence-electron chi connectivity index (χ1n) is 4.59. The third-order valence-corrected chi connectivity index (χ3v) is 1.86. The number of carbonyl (C=O) groups is 1. The molecular weight excluding hydrogens is 182 g/mol. The SMILES string of the molecule is CCCC(N)OC(=O)c1ccnn1C. The number of aryl methyl sites for hydroxylation is 1. The largest absolute Gasteiger partial charge is 0.442 e. The van der Waals surface area contributed by atoms with Gasteiger partial charge in [0.2, 0.25) is 0 Å². The van der Waals surface area contributed by atoms with Crippen molar-refractivity contribution in [3.8, 4) is 0 Å². The lowest BCUT2D eigenvalue weighted by Crippen LogP contribution is -2.27. The van der Waals surface area contributed by atoms with Crippen molar-refractivity contribution in [2.45, 2.75) is 26.0 Å². The van der Waals surface area contributed by atoms with Crippen LogP contribution in [-0.4, -0.2) is 22.0 Å². The topological polar surface area (TPSA) is 70.1 Å². The van der Waals surface area contributed by atoms with Gasteiger partial charge in [-0.1, -0.05) is 13.3 Å². The molecule has 0 saturated carbocycles. The molecule has 0 aliphatic carbocycles. The van der Waals surface area contributed by atoms with Crippen molar-refractivity contribution in [1.29, 1.82) is 0 Å². The molecule has 0 radical (unpaired) electrons. The molecule has 0 bridgehead atoms. The molecule has 5 heteroatoms. The van der Waals surface area contributed by atoms with Gasteiger partial charge in [-0.15, -0.1) is 0 Å². The van der Waals surface area contributed by atoms with Crippen molar-refractivity contribution in [2.24, 2.45) is 12.8 Å². The first kappa shape index (κ1) is 10.7. The Bertz CT molecular complexity index is 309. The lowest BCUT2D eigenvalue weighted by atomic mass is 10.3. The Kier molecular flexibility index (Phi) is 3.64. The first-order valence-corrected chi connectivity index (χ1v) is 4.59. The van der Waals surface area contributed by atoms with Crippen LogP contribution in [-0.2, 0) is 11.8 Å². The highest BCUT2D eigenvalue weighted by atomic mass is 16.6. The number of hydrogen-bond donors (Lipinski definition) is 1. The lowest BCUT2D eigenvalue weighted by Gasteiger charge is -2.11. The summed E-state index contributed by atoms with van der Waals surface area (Å²) in [6.07, 6.45) is 2.58. The first-order chi connectivity index (χ1) is 6.65. The van der Waals surface area contributed by atoms with Gasteiger partial charge in [-0.25, -0.2) is 4.79 Å². The summed E-state index contributed by atoms with van der Waals surface area (Å²) in [6, 6.07) is 1.60. The maximum Gasteiger partial charge on any atom is 0.358 e. The fourth-order valence-corrected chi connectivity index (χ4v) is 1.12. The molecule has 0 spiro atoms. The van der Waals surface area contributed by atoms with Crippen molar-refractivity contribution in [3.05, 3.63) is 18.0 Å². The van der Waals surface area contributed by atoms with Gasteiger partial charge in [-0.05, 0) is 12.5 Å². The Hall–Kier alpha value is -1.36. The molecule has 0 aromatic carbocycles.